The van der Waals surface area contributed by atoms with Crippen LogP contribution in [0.5, 0.6) is 0 Å². The molecule has 0 fully saturated rings. The molecule has 3 nitrogen and oxygen atoms in total. The minimum absolute atomic E-state index is 0.112. The fraction of sp³-hybridized carbons (Fsp3) is 0.400. The largest absolute Gasteiger partial charge is 0.372 e. The average Bonchev–Trinajstić information content (AvgIpc) is 2.58. The minimum Gasteiger partial charge on any atom is -0.372 e. The summed E-state index contributed by atoms with van der Waals surface area (Å²) >= 11 is 0. The molecule has 0 aliphatic rings. The van der Waals surface area contributed by atoms with E-state index in [1.807, 2.05) is 88.4 Å². The van der Waals surface area contributed by atoms with Crippen LogP contribution in [0.2, 0.25) is 0 Å². The van der Waals surface area contributed by atoms with Crippen LogP contribution in [0, 0.1) is 0 Å². The van der Waals surface area contributed by atoms with Crippen LogP contribution in [0.25, 0.3) is 0 Å². The molecule has 0 aliphatic heterocycles. The van der Waals surface area contributed by atoms with Crippen LogP contribution in [-0.2, 0) is 22.3 Å². The smallest absolute Gasteiger partial charge is 0.0976 e. The number of benzene rings is 2. The summed E-state index contributed by atoms with van der Waals surface area (Å²) in [6, 6.07) is 20.0. The van der Waals surface area contributed by atoms with E-state index in [0.717, 1.165) is 11.1 Å². The molecule has 3 atom stereocenters. The summed E-state index contributed by atoms with van der Waals surface area (Å²) in [5.74, 6) is 0. The number of hydrogen-bond acceptors (Lipinski definition) is 2. The third kappa shape index (κ3) is 5.55. The van der Waals surface area contributed by atoms with Crippen molar-refractivity contribution < 1.29 is 8.95 Å². The Balaban J connectivity index is 2.11. The van der Waals surface area contributed by atoms with E-state index in [0.29, 0.717) is 6.61 Å². The summed E-state index contributed by atoms with van der Waals surface area (Å²) in [6.07, 6.45) is -0.112. The van der Waals surface area contributed by atoms with Crippen LogP contribution in [-0.4, -0.2) is 15.1 Å². The van der Waals surface area contributed by atoms with E-state index in [4.69, 9.17) is 4.74 Å². The van der Waals surface area contributed by atoms with E-state index in [2.05, 4.69) is 4.72 Å². The monoisotopic (exact) mass is 345 g/mol. The summed E-state index contributed by atoms with van der Waals surface area (Å²) in [6.45, 7) is 8.46. The summed E-state index contributed by atoms with van der Waals surface area (Å²) in [7, 11) is -1.17. The van der Waals surface area contributed by atoms with E-state index in [9.17, 15) is 4.21 Å². The zero-order chi connectivity index (χ0) is 17.6. The Labute approximate surface area is 148 Å². The number of ether oxygens (including phenoxy) is 1. The maximum atomic E-state index is 12.6. The highest BCUT2D eigenvalue weighted by atomic mass is 32.2. The first-order chi connectivity index (χ1) is 11.4. The Kier molecular flexibility index (Phi) is 6.72. The molecule has 4 heteroatoms. The van der Waals surface area contributed by atoms with Crippen LogP contribution in [0.4, 0.5) is 0 Å². The molecule has 0 aromatic heterocycles. The van der Waals surface area contributed by atoms with Gasteiger partial charge in [-0.3, -0.25) is 0 Å². The Morgan fingerprint density at radius 3 is 2.08 bits per heavy atom. The molecule has 2 aromatic rings. The topological polar surface area (TPSA) is 38.3 Å². The van der Waals surface area contributed by atoms with Gasteiger partial charge in [0.1, 0.15) is 0 Å². The van der Waals surface area contributed by atoms with Gasteiger partial charge in [0.2, 0.25) is 0 Å². The van der Waals surface area contributed by atoms with Crippen molar-refractivity contribution in [2.45, 2.75) is 51.2 Å². The van der Waals surface area contributed by atoms with Crippen molar-refractivity contribution in [3.63, 3.8) is 0 Å². The molecular weight excluding hydrogens is 318 g/mol. The normalized spacial score (nSPS) is 15.7. The van der Waals surface area contributed by atoms with E-state index >= 15 is 0 Å². The maximum Gasteiger partial charge on any atom is 0.0976 e. The Hall–Kier alpha value is -1.49. The lowest BCUT2D eigenvalue weighted by atomic mass is 10.0. The minimum atomic E-state index is -1.17. The molecule has 0 heterocycles. The van der Waals surface area contributed by atoms with E-state index in [1.165, 1.54) is 0 Å². The van der Waals surface area contributed by atoms with Crippen LogP contribution in [0.15, 0.2) is 60.7 Å². The van der Waals surface area contributed by atoms with Gasteiger partial charge in [0.05, 0.1) is 34.5 Å². The quantitative estimate of drug-likeness (QED) is 0.808. The molecule has 24 heavy (non-hydrogen) atoms. The van der Waals surface area contributed by atoms with Gasteiger partial charge >= 0.3 is 0 Å². The van der Waals surface area contributed by atoms with Crippen molar-refractivity contribution in [1.82, 2.24) is 4.72 Å². The number of rotatable bonds is 7. The third-order valence-corrected chi connectivity index (χ3v) is 5.35. The van der Waals surface area contributed by atoms with Gasteiger partial charge in [0.25, 0.3) is 0 Å². The van der Waals surface area contributed by atoms with Gasteiger partial charge in [0.15, 0.2) is 0 Å². The molecule has 1 N–H and O–H groups in total. The van der Waals surface area contributed by atoms with E-state index in [-0.39, 0.29) is 16.9 Å². The highest BCUT2D eigenvalue weighted by Crippen LogP contribution is 2.23. The second kappa shape index (κ2) is 8.56. The van der Waals surface area contributed by atoms with Crippen molar-refractivity contribution in [3.8, 4) is 0 Å². The van der Waals surface area contributed by atoms with Gasteiger partial charge in [-0.1, -0.05) is 60.7 Å². The molecular formula is C20H27NO2S. The Bertz CT molecular complexity index is 638. The van der Waals surface area contributed by atoms with E-state index in [1.54, 1.807) is 0 Å². The molecule has 0 radical (unpaired) electrons. The van der Waals surface area contributed by atoms with Crippen LogP contribution in [0.3, 0.4) is 0 Å². The molecule has 2 aromatic carbocycles. The molecule has 0 unspecified atom stereocenters. The highest BCUT2D eigenvalue weighted by molar-refractivity contribution is 7.84. The summed E-state index contributed by atoms with van der Waals surface area (Å²) in [5.41, 5.74) is 2.21. The number of hydrogen-bond donors (Lipinski definition) is 1. The fourth-order valence-electron chi connectivity index (χ4n) is 2.29. The predicted octanol–water partition coefficient (Wildman–Crippen LogP) is 4.38. The molecule has 0 aliphatic carbocycles. The zero-order valence-corrected chi connectivity index (χ0v) is 15.7. The van der Waals surface area contributed by atoms with Gasteiger partial charge in [-0.05, 0) is 38.8 Å². The van der Waals surface area contributed by atoms with E-state index < -0.39 is 11.0 Å². The van der Waals surface area contributed by atoms with Crippen LogP contribution in [0.1, 0.15) is 44.9 Å². The lowest BCUT2D eigenvalue weighted by Gasteiger charge is -2.29. The SMILES string of the molecule is C[C@H](OCc1ccccc1)[C@@H](N[S@@](=O)C(C)(C)C)c1ccccc1. The molecule has 130 valence electrons. The maximum absolute atomic E-state index is 12.6. The molecule has 0 amide bonds. The molecule has 0 saturated carbocycles. The average molecular weight is 346 g/mol. The van der Waals surface area contributed by atoms with Gasteiger partial charge < -0.3 is 4.74 Å². The molecule has 2 rings (SSSR count). The summed E-state index contributed by atoms with van der Waals surface area (Å²) < 4.78 is 21.6. The third-order valence-electron chi connectivity index (χ3n) is 3.77. The van der Waals surface area contributed by atoms with Gasteiger partial charge in [-0.25, -0.2) is 8.93 Å². The summed E-state index contributed by atoms with van der Waals surface area (Å²) in [5, 5.41) is 0. The van der Waals surface area contributed by atoms with Crippen molar-refractivity contribution in [2.24, 2.45) is 0 Å². The Morgan fingerprint density at radius 1 is 1.00 bits per heavy atom. The van der Waals surface area contributed by atoms with Gasteiger partial charge in [-0.2, -0.15) is 0 Å². The predicted molar refractivity (Wildman–Crippen MR) is 101 cm³/mol. The first-order valence-electron chi connectivity index (χ1n) is 8.26. The highest BCUT2D eigenvalue weighted by Gasteiger charge is 2.27. The second-order valence-electron chi connectivity index (χ2n) is 6.89. The lowest BCUT2D eigenvalue weighted by Crippen LogP contribution is -2.40. The molecule has 0 saturated heterocycles. The van der Waals surface area contributed by atoms with Crippen molar-refractivity contribution in [1.29, 1.82) is 0 Å². The van der Waals surface area contributed by atoms with Gasteiger partial charge in [0, 0.05) is 0 Å². The summed E-state index contributed by atoms with van der Waals surface area (Å²) in [4.78, 5) is 0. The van der Waals surface area contributed by atoms with Crippen LogP contribution >= 0.6 is 0 Å². The Morgan fingerprint density at radius 2 is 1.54 bits per heavy atom. The van der Waals surface area contributed by atoms with Crippen molar-refractivity contribution in [3.05, 3.63) is 71.8 Å². The standard InChI is InChI=1S/C20H27NO2S/c1-16(23-15-17-11-7-5-8-12-17)19(18-13-9-6-10-14-18)21-24(22)20(2,3)4/h5-14,16,19,21H,15H2,1-4H3/t16-,19+,24-/m0/s1. The zero-order valence-electron chi connectivity index (χ0n) is 14.9. The molecule has 0 bridgehead atoms. The fourth-order valence-corrected chi connectivity index (χ4v) is 3.20. The molecule has 0 spiro atoms. The first-order valence-corrected chi connectivity index (χ1v) is 9.41. The first kappa shape index (κ1) is 18.8. The second-order valence-corrected chi connectivity index (χ2v) is 8.89. The van der Waals surface area contributed by atoms with Crippen LogP contribution < -0.4 is 4.72 Å². The lowest BCUT2D eigenvalue weighted by molar-refractivity contribution is 0.0321. The number of nitrogens with one attached hydrogen (secondary N) is 1. The van der Waals surface area contributed by atoms with Gasteiger partial charge in [-0.15, -0.1) is 0 Å². The van der Waals surface area contributed by atoms with Crippen molar-refractivity contribution >= 4 is 11.0 Å². The van der Waals surface area contributed by atoms with Crippen molar-refractivity contribution in [2.75, 3.05) is 0 Å².